The number of hydrogen-bond acceptors (Lipinski definition) is 1. The van der Waals surface area contributed by atoms with Crippen LogP contribution in [0.25, 0.3) is 10.8 Å². The lowest BCUT2D eigenvalue weighted by molar-refractivity contribution is 0.419. The number of aryl methyl sites for hydroxylation is 1. The average Bonchev–Trinajstić information content (AvgIpc) is 2.36. The molecule has 1 heteroatoms. The van der Waals surface area contributed by atoms with Crippen LogP contribution in [-0.4, -0.2) is 7.11 Å². The smallest absolute Gasteiger partial charge is 0.126 e. The lowest BCUT2D eigenvalue weighted by atomic mass is 9.97. The van der Waals surface area contributed by atoms with E-state index in [0.29, 0.717) is 5.92 Å². The summed E-state index contributed by atoms with van der Waals surface area (Å²) in [4.78, 5) is 0. The fraction of sp³-hybridized carbons (Fsp3) is 0.375. The maximum atomic E-state index is 5.49. The molecule has 2 aromatic carbocycles. The molecule has 1 nitrogen and oxygen atoms in total. The summed E-state index contributed by atoms with van der Waals surface area (Å²) in [5.41, 5.74) is 2.71. The van der Waals surface area contributed by atoms with Crippen molar-refractivity contribution >= 4 is 10.8 Å². The molecule has 0 aliphatic heterocycles. The Hall–Kier alpha value is -1.50. The minimum Gasteiger partial charge on any atom is -0.496 e. The standard InChI is InChI=1S/C16H20O/c1-5-12-6-7-15-14(8-12)9-13(11(2)3)10-16(15)17-4/h6-11H,5H2,1-4H3. The molecule has 0 radical (unpaired) electrons. The molecule has 90 valence electrons. The predicted octanol–water partition coefficient (Wildman–Crippen LogP) is 4.53. The van der Waals surface area contributed by atoms with E-state index in [2.05, 4.69) is 51.1 Å². The second-order valence-corrected chi connectivity index (χ2v) is 4.79. The van der Waals surface area contributed by atoms with Crippen molar-refractivity contribution in [3.8, 4) is 5.75 Å². The third-order valence-electron chi connectivity index (χ3n) is 3.30. The van der Waals surface area contributed by atoms with E-state index in [4.69, 9.17) is 4.74 Å². The van der Waals surface area contributed by atoms with Gasteiger partial charge < -0.3 is 4.74 Å². The zero-order valence-electron chi connectivity index (χ0n) is 11.1. The van der Waals surface area contributed by atoms with Gasteiger partial charge in [0.25, 0.3) is 0 Å². The number of ether oxygens (including phenoxy) is 1. The highest BCUT2D eigenvalue weighted by Crippen LogP contribution is 2.31. The first-order chi connectivity index (χ1) is 8.15. The van der Waals surface area contributed by atoms with Crippen molar-refractivity contribution < 1.29 is 4.74 Å². The Morgan fingerprint density at radius 2 is 1.88 bits per heavy atom. The van der Waals surface area contributed by atoms with Gasteiger partial charge in [0.2, 0.25) is 0 Å². The predicted molar refractivity (Wildman–Crippen MR) is 74.0 cm³/mol. The fourth-order valence-electron chi connectivity index (χ4n) is 2.13. The molecule has 0 fully saturated rings. The molecular weight excluding hydrogens is 208 g/mol. The molecule has 0 aliphatic rings. The van der Waals surface area contributed by atoms with Crippen LogP contribution < -0.4 is 4.74 Å². The Morgan fingerprint density at radius 3 is 2.47 bits per heavy atom. The molecule has 0 spiro atoms. The van der Waals surface area contributed by atoms with Gasteiger partial charge in [-0.1, -0.05) is 45.0 Å². The second kappa shape index (κ2) is 4.79. The molecule has 0 saturated heterocycles. The van der Waals surface area contributed by atoms with Crippen LogP contribution in [0.1, 0.15) is 37.8 Å². The Morgan fingerprint density at radius 1 is 1.12 bits per heavy atom. The SMILES string of the molecule is CCc1ccc2c(OC)cc(C(C)C)cc2c1. The van der Waals surface area contributed by atoms with Crippen LogP contribution in [0.4, 0.5) is 0 Å². The maximum absolute atomic E-state index is 5.49. The van der Waals surface area contributed by atoms with Crippen LogP contribution in [0.5, 0.6) is 5.75 Å². The van der Waals surface area contributed by atoms with E-state index in [9.17, 15) is 0 Å². The van der Waals surface area contributed by atoms with Crippen molar-refractivity contribution in [2.75, 3.05) is 7.11 Å². The molecule has 0 amide bonds. The third-order valence-corrected chi connectivity index (χ3v) is 3.30. The van der Waals surface area contributed by atoms with Gasteiger partial charge >= 0.3 is 0 Å². The molecule has 2 rings (SSSR count). The molecule has 0 aromatic heterocycles. The minimum atomic E-state index is 0.526. The minimum absolute atomic E-state index is 0.526. The molecule has 0 saturated carbocycles. The van der Waals surface area contributed by atoms with E-state index in [1.54, 1.807) is 7.11 Å². The van der Waals surface area contributed by atoms with Gasteiger partial charge in [-0.3, -0.25) is 0 Å². The summed E-state index contributed by atoms with van der Waals surface area (Å²) in [6.07, 6.45) is 1.07. The molecule has 17 heavy (non-hydrogen) atoms. The molecule has 0 aliphatic carbocycles. The quantitative estimate of drug-likeness (QED) is 0.749. The summed E-state index contributed by atoms with van der Waals surface area (Å²) in [6, 6.07) is 11.0. The zero-order valence-corrected chi connectivity index (χ0v) is 11.1. The number of benzene rings is 2. The van der Waals surface area contributed by atoms with Crippen LogP contribution in [0, 0.1) is 0 Å². The molecule has 0 N–H and O–H groups in total. The van der Waals surface area contributed by atoms with Crippen LogP contribution in [0.15, 0.2) is 30.3 Å². The second-order valence-electron chi connectivity index (χ2n) is 4.79. The Labute approximate surface area is 103 Å². The van der Waals surface area contributed by atoms with Crippen molar-refractivity contribution in [2.24, 2.45) is 0 Å². The molecular formula is C16H20O. The van der Waals surface area contributed by atoms with Crippen molar-refractivity contribution in [3.05, 3.63) is 41.5 Å². The number of rotatable bonds is 3. The van der Waals surface area contributed by atoms with Crippen LogP contribution in [-0.2, 0) is 6.42 Å². The summed E-state index contributed by atoms with van der Waals surface area (Å²) in [6.45, 7) is 6.61. The lowest BCUT2D eigenvalue weighted by Crippen LogP contribution is -1.92. The first-order valence-electron chi connectivity index (χ1n) is 6.26. The van der Waals surface area contributed by atoms with Gasteiger partial charge in [-0.05, 0) is 34.9 Å². The lowest BCUT2D eigenvalue weighted by Gasteiger charge is -2.12. The molecule has 0 unspecified atom stereocenters. The normalized spacial score (nSPS) is 11.1. The van der Waals surface area contributed by atoms with E-state index in [-0.39, 0.29) is 0 Å². The highest BCUT2D eigenvalue weighted by molar-refractivity contribution is 5.89. The Kier molecular flexibility index (Phi) is 3.37. The fourth-order valence-corrected chi connectivity index (χ4v) is 2.13. The van der Waals surface area contributed by atoms with E-state index in [1.165, 1.54) is 21.9 Å². The average molecular weight is 228 g/mol. The number of hydrogen-bond donors (Lipinski definition) is 0. The highest BCUT2D eigenvalue weighted by Gasteiger charge is 2.07. The van der Waals surface area contributed by atoms with Gasteiger partial charge in [-0.15, -0.1) is 0 Å². The maximum Gasteiger partial charge on any atom is 0.126 e. The number of fused-ring (bicyclic) bond motifs is 1. The Bertz CT molecular complexity index is 526. The van der Waals surface area contributed by atoms with E-state index < -0.39 is 0 Å². The first kappa shape index (κ1) is 12.0. The van der Waals surface area contributed by atoms with Gasteiger partial charge in [-0.25, -0.2) is 0 Å². The summed E-state index contributed by atoms with van der Waals surface area (Å²) >= 11 is 0. The highest BCUT2D eigenvalue weighted by atomic mass is 16.5. The molecule has 0 atom stereocenters. The topological polar surface area (TPSA) is 9.23 Å². The van der Waals surface area contributed by atoms with Gasteiger partial charge in [0, 0.05) is 5.39 Å². The Balaban J connectivity index is 2.69. The summed E-state index contributed by atoms with van der Waals surface area (Å²) < 4.78 is 5.49. The van der Waals surface area contributed by atoms with Gasteiger partial charge in [0.15, 0.2) is 0 Å². The monoisotopic (exact) mass is 228 g/mol. The van der Waals surface area contributed by atoms with E-state index in [0.717, 1.165) is 12.2 Å². The molecule has 0 bridgehead atoms. The zero-order chi connectivity index (χ0) is 12.4. The van der Waals surface area contributed by atoms with Crippen molar-refractivity contribution in [2.45, 2.75) is 33.1 Å². The van der Waals surface area contributed by atoms with Crippen LogP contribution in [0.2, 0.25) is 0 Å². The third kappa shape index (κ3) is 2.28. The summed E-state index contributed by atoms with van der Waals surface area (Å²) in [5.74, 6) is 1.51. The van der Waals surface area contributed by atoms with Crippen LogP contribution in [0.3, 0.4) is 0 Å². The van der Waals surface area contributed by atoms with Crippen molar-refractivity contribution in [1.29, 1.82) is 0 Å². The van der Waals surface area contributed by atoms with E-state index in [1.807, 2.05) is 0 Å². The van der Waals surface area contributed by atoms with Crippen LogP contribution >= 0.6 is 0 Å². The first-order valence-corrected chi connectivity index (χ1v) is 6.26. The van der Waals surface area contributed by atoms with Gasteiger partial charge in [-0.2, -0.15) is 0 Å². The molecule has 0 heterocycles. The largest absolute Gasteiger partial charge is 0.496 e. The molecule has 2 aromatic rings. The van der Waals surface area contributed by atoms with E-state index >= 15 is 0 Å². The van der Waals surface area contributed by atoms with Gasteiger partial charge in [0.1, 0.15) is 5.75 Å². The van der Waals surface area contributed by atoms with Gasteiger partial charge in [0.05, 0.1) is 7.11 Å². The summed E-state index contributed by atoms with van der Waals surface area (Å²) in [7, 11) is 1.74. The van der Waals surface area contributed by atoms with Crippen molar-refractivity contribution in [1.82, 2.24) is 0 Å². The van der Waals surface area contributed by atoms with Crippen molar-refractivity contribution in [3.63, 3.8) is 0 Å². The summed E-state index contributed by atoms with van der Waals surface area (Å²) in [5, 5.41) is 2.49. The number of methoxy groups -OCH3 is 1.